The molecule has 0 unspecified atom stereocenters. The molecule has 12 heavy (non-hydrogen) atoms. The van der Waals surface area contributed by atoms with Crippen molar-refractivity contribution in [2.24, 2.45) is 4.40 Å². The van der Waals surface area contributed by atoms with Crippen LogP contribution in [0.25, 0.3) is 0 Å². The third-order valence-electron chi connectivity index (χ3n) is 0.709. The first-order chi connectivity index (χ1) is 5.17. The van der Waals surface area contributed by atoms with Crippen molar-refractivity contribution in [3.63, 3.8) is 0 Å². The lowest BCUT2D eigenvalue weighted by atomic mass is 11.0. The summed E-state index contributed by atoms with van der Waals surface area (Å²) < 4.78 is 57.5. The fourth-order valence-electron chi connectivity index (χ4n) is 0.216. The molecule has 4 nitrogen and oxygen atoms in total. The molecule has 0 saturated carbocycles. The maximum absolute atomic E-state index is 11.6. The molecule has 0 rings (SSSR count). The largest absolute Gasteiger partial charge is 0.518 e. The minimum Gasteiger partial charge on any atom is -0.368 e. The molecule has 0 aliphatic carbocycles. The Balaban J connectivity index is 4.69. The van der Waals surface area contributed by atoms with E-state index >= 15 is 0 Å². The highest BCUT2D eigenvalue weighted by atomic mass is 32.2. The van der Waals surface area contributed by atoms with Crippen molar-refractivity contribution in [2.75, 3.05) is 14.1 Å². The van der Waals surface area contributed by atoms with Gasteiger partial charge >= 0.3 is 15.5 Å². The van der Waals surface area contributed by atoms with E-state index in [2.05, 4.69) is 4.40 Å². The molecule has 0 atom stereocenters. The summed E-state index contributed by atoms with van der Waals surface area (Å²) in [5.74, 6) is 0. The Hall–Kier alpha value is -0.790. The van der Waals surface area contributed by atoms with Gasteiger partial charge in [0, 0.05) is 14.1 Å². The SMILES string of the molecule is CN(C)C=NS(=O)(=O)C(F)(F)F. The zero-order valence-electron chi connectivity index (χ0n) is 6.33. The highest BCUT2D eigenvalue weighted by molar-refractivity contribution is 7.91. The Morgan fingerprint density at radius 1 is 1.33 bits per heavy atom. The number of hydrogen-bond acceptors (Lipinski definition) is 2. The minimum atomic E-state index is -5.37. The number of hydrogen-bond donors (Lipinski definition) is 0. The Kier molecular flexibility index (Phi) is 3.08. The third-order valence-corrected chi connectivity index (χ3v) is 1.67. The van der Waals surface area contributed by atoms with Gasteiger partial charge in [-0.1, -0.05) is 0 Å². The number of alkyl halides is 3. The monoisotopic (exact) mass is 204 g/mol. The van der Waals surface area contributed by atoms with Crippen molar-refractivity contribution >= 4 is 16.4 Å². The fraction of sp³-hybridized carbons (Fsp3) is 0.750. The van der Waals surface area contributed by atoms with Gasteiger partial charge in [0.05, 0.1) is 0 Å². The molecule has 0 radical (unpaired) electrons. The van der Waals surface area contributed by atoms with Gasteiger partial charge in [-0.15, -0.1) is 4.40 Å². The van der Waals surface area contributed by atoms with Crippen LogP contribution < -0.4 is 0 Å². The van der Waals surface area contributed by atoms with Gasteiger partial charge in [-0.2, -0.15) is 21.6 Å². The normalized spacial score (nSPS) is 13.8. The first kappa shape index (κ1) is 11.2. The Morgan fingerprint density at radius 2 is 1.75 bits per heavy atom. The molecule has 0 aromatic carbocycles. The summed E-state index contributed by atoms with van der Waals surface area (Å²) >= 11 is 0. The first-order valence-corrected chi connectivity index (χ1v) is 4.14. The predicted octanol–water partition coefficient (Wildman–Crippen LogP) is 0.426. The molecular weight excluding hydrogens is 197 g/mol. The highest BCUT2D eigenvalue weighted by Crippen LogP contribution is 2.24. The van der Waals surface area contributed by atoms with E-state index in [4.69, 9.17) is 0 Å². The summed E-state index contributed by atoms with van der Waals surface area (Å²) in [6.07, 6.45) is 0.572. The molecule has 8 heteroatoms. The number of sulfonamides is 1. The first-order valence-electron chi connectivity index (χ1n) is 2.70. The van der Waals surface area contributed by atoms with E-state index in [-0.39, 0.29) is 0 Å². The standard InChI is InChI=1S/C4H7F3N2O2S/c1-9(2)3-8-12(10,11)4(5,6)7/h3H,1-2H3. The van der Waals surface area contributed by atoms with E-state index in [9.17, 15) is 21.6 Å². The summed E-state index contributed by atoms with van der Waals surface area (Å²) in [6, 6.07) is 0. The molecule has 0 aromatic heterocycles. The maximum Gasteiger partial charge on any atom is 0.518 e. The van der Waals surface area contributed by atoms with E-state index in [1.54, 1.807) is 0 Å². The summed E-state index contributed by atoms with van der Waals surface area (Å²) in [6.45, 7) is 0. The van der Waals surface area contributed by atoms with Crippen LogP contribution in [0.2, 0.25) is 0 Å². The van der Waals surface area contributed by atoms with Crippen molar-refractivity contribution in [1.82, 2.24) is 4.90 Å². The van der Waals surface area contributed by atoms with Gasteiger partial charge in [0.2, 0.25) is 0 Å². The van der Waals surface area contributed by atoms with Crippen LogP contribution in [0.5, 0.6) is 0 Å². The van der Waals surface area contributed by atoms with Crippen molar-refractivity contribution in [3.8, 4) is 0 Å². The molecule has 0 heterocycles. The van der Waals surface area contributed by atoms with Crippen molar-refractivity contribution in [1.29, 1.82) is 0 Å². The molecule has 0 fully saturated rings. The minimum absolute atomic E-state index is 0.572. The van der Waals surface area contributed by atoms with E-state index < -0.39 is 15.5 Å². The molecule has 0 N–H and O–H groups in total. The van der Waals surface area contributed by atoms with Crippen molar-refractivity contribution in [3.05, 3.63) is 0 Å². The zero-order chi connectivity index (χ0) is 9.99. The number of rotatable bonds is 2. The van der Waals surface area contributed by atoms with Crippen LogP contribution in [-0.4, -0.2) is 39.3 Å². The average molecular weight is 204 g/mol. The van der Waals surface area contributed by atoms with E-state index in [1.165, 1.54) is 14.1 Å². The lowest BCUT2D eigenvalue weighted by Gasteiger charge is -2.04. The Morgan fingerprint density at radius 3 is 2.00 bits per heavy atom. The molecular formula is C4H7F3N2O2S. The molecule has 0 aromatic rings. The molecule has 0 aliphatic rings. The molecule has 0 saturated heterocycles. The van der Waals surface area contributed by atoms with Crippen LogP contribution in [0.4, 0.5) is 13.2 Å². The number of nitrogens with zero attached hydrogens (tertiary/aromatic N) is 2. The molecule has 72 valence electrons. The Bertz CT molecular complexity index is 267. The summed E-state index contributed by atoms with van der Waals surface area (Å²) in [5, 5.41) is 0. The second kappa shape index (κ2) is 3.30. The van der Waals surface area contributed by atoms with E-state index in [0.717, 1.165) is 4.90 Å². The summed E-state index contributed by atoms with van der Waals surface area (Å²) in [7, 11) is -2.65. The van der Waals surface area contributed by atoms with Crippen LogP contribution >= 0.6 is 0 Å². The molecule has 0 spiro atoms. The molecule has 0 aliphatic heterocycles. The van der Waals surface area contributed by atoms with Crippen molar-refractivity contribution < 1.29 is 21.6 Å². The summed E-state index contributed by atoms with van der Waals surface area (Å²) in [5.41, 5.74) is -5.32. The van der Waals surface area contributed by atoms with E-state index in [1.807, 2.05) is 0 Å². The Labute approximate surface area is 67.7 Å². The maximum atomic E-state index is 11.6. The predicted molar refractivity (Wildman–Crippen MR) is 37.2 cm³/mol. The fourth-order valence-corrected chi connectivity index (χ4v) is 0.648. The van der Waals surface area contributed by atoms with Gasteiger partial charge in [0.15, 0.2) is 0 Å². The average Bonchev–Trinajstić information content (AvgIpc) is 1.81. The quantitative estimate of drug-likeness (QED) is 0.484. The van der Waals surface area contributed by atoms with Crippen LogP contribution in [0.3, 0.4) is 0 Å². The van der Waals surface area contributed by atoms with Crippen LogP contribution in [0.15, 0.2) is 4.40 Å². The third kappa shape index (κ3) is 3.07. The molecule has 0 amide bonds. The number of halogens is 3. The van der Waals surface area contributed by atoms with Crippen LogP contribution in [0.1, 0.15) is 0 Å². The summed E-state index contributed by atoms with van der Waals surface area (Å²) in [4.78, 5) is 1.09. The lowest BCUT2D eigenvalue weighted by Crippen LogP contribution is -2.22. The van der Waals surface area contributed by atoms with Gasteiger partial charge in [-0.25, -0.2) is 0 Å². The van der Waals surface area contributed by atoms with Gasteiger partial charge in [0.25, 0.3) is 0 Å². The second-order valence-electron chi connectivity index (χ2n) is 2.11. The lowest BCUT2D eigenvalue weighted by molar-refractivity contribution is -0.0435. The topological polar surface area (TPSA) is 49.7 Å². The van der Waals surface area contributed by atoms with Crippen LogP contribution in [-0.2, 0) is 10.0 Å². The second-order valence-corrected chi connectivity index (χ2v) is 3.73. The van der Waals surface area contributed by atoms with Crippen LogP contribution in [0, 0.1) is 0 Å². The van der Waals surface area contributed by atoms with Crippen molar-refractivity contribution in [2.45, 2.75) is 5.51 Å². The van der Waals surface area contributed by atoms with E-state index in [0.29, 0.717) is 6.34 Å². The van der Waals surface area contributed by atoms with Gasteiger partial charge in [0.1, 0.15) is 6.34 Å². The zero-order valence-corrected chi connectivity index (χ0v) is 7.15. The smallest absolute Gasteiger partial charge is 0.368 e. The molecule has 0 bridgehead atoms. The van der Waals surface area contributed by atoms with Gasteiger partial charge < -0.3 is 4.90 Å². The van der Waals surface area contributed by atoms with Gasteiger partial charge in [-0.3, -0.25) is 0 Å². The highest BCUT2D eigenvalue weighted by Gasteiger charge is 2.45. The van der Waals surface area contributed by atoms with Gasteiger partial charge in [-0.05, 0) is 0 Å².